The molecule has 3 saturated heterocycles. The molecule has 0 spiro atoms. The summed E-state index contributed by atoms with van der Waals surface area (Å²) < 4.78 is 32.2. The summed E-state index contributed by atoms with van der Waals surface area (Å²) in [6.45, 7) is 2.70. The lowest BCUT2D eigenvalue weighted by molar-refractivity contribution is -0.138. The summed E-state index contributed by atoms with van der Waals surface area (Å²) in [6.07, 6.45) is 1.26. The first kappa shape index (κ1) is 26.3. The molecule has 3 heterocycles. The maximum Gasteiger partial charge on any atom is 0.243 e. The number of morpholine rings is 1. The van der Waals surface area contributed by atoms with Crippen molar-refractivity contribution >= 4 is 39.1 Å². The van der Waals surface area contributed by atoms with Crippen molar-refractivity contribution in [3.05, 3.63) is 54.6 Å². The number of nitrogens with one attached hydrogen (secondary N) is 1. The summed E-state index contributed by atoms with van der Waals surface area (Å²) in [5.74, 6) is -0.852. The van der Waals surface area contributed by atoms with Gasteiger partial charge in [-0.25, -0.2) is 8.42 Å². The molecule has 3 aliphatic rings. The molecule has 0 aliphatic carbocycles. The second-order valence-electron chi connectivity index (χ2n) is 9.87. The van der Waals surface area contributed by atoms with Crippen molar-refractivity contribution in [3.8, 4) is 0 Å². The molecule has 2 aromatic carbocycles. The Bertz CT molecular complexity index is 1270. The molecule has 2 aromatic rings. The van der Waals surface area contributed by atoms with Gasteiger partial charge in [0.1, 0.15) is 0 Å². The first-order chi connectivity index (χ1) is 18.3. The molecular formula is C27H32N4O6S. The predicted octanol–water partition coefficient (Wildman–Crippen LogP) is 1.94. The molecule has 3 fully saturated rings. The van der Waals surface area contributed by atoms with Crippen molar-refractivity contribution in [2.45, 2.75) is 24.2 Å². The molecule has 202 valence electrons. The highest BCUT2D eigenvalue weighted by Gasteiger charge is 2.38. The van der Waals surface area contributed by atoms with Gasteiger partial charge in [0.2, 0.25) is 27.7 Å². The Morgan fingerprint density at radius 1 is 0.868 bits per heavy atom. The van der Waals surface area contributed by atoms with Crippen LogP contribution < -0.4 is 10.2 Å². The number of anilines is 2. The lowest BCUT2D eigenvalue weighted by Crippen LogP contribution is -2.44. The zero-order valence-corrected chi connectivity index (χ0v) is 21.9. The molecule has 1 N–H and O–H groups in total. The van der Waals surface area contributed by atoms with Crippen LogP contribution >= 0.6 is 0 Å². The zero-order chi connectivity index (χ0) is 26.7. The number of benzene rings is 2. The zero-order valence-electron chi connectivity index (χ0n) is 21.1. The van der Waals surface area contributed by atoms with E-state index in [0.29, 0.717) is 64.5 Å². The van der Waals surface area contributed by atoms with Crippen molar-refractivity contribution in [2.24, 2.45) is 11.8 Å². The molecular weight excluding hydrogens is 508 g/mol. The van der Waals surface area contributed by atoms with Crippen molar-refractivity contribution in [2.75, 3.05) is 56.2 Å². The van der Waals surface area contributed by atoms with Crippen molar-refractivity contribution in [3.63, 3.8) is 0 Å². The van der Waals surface area contributed by atoms with Crippen LogP contribution in [0, 0.1) is 11.8 Å². The monoisotopic (exact) mass is 540 g/mol. The minimum absolute atomic E-state index is 0.0345. The molecule has 5 rings (SSSR count). The number of hydrogen-bond acceptors (Lipinski definition) is 6. The van der Waals surface area contributed by atoms with Gasteiger partial charge in [-0.1, -0.05) is 18.2 Å². The lowest BCUT2D eigenvalue weighted by Gasteiger charge is -2.33. The average Bonchev–Trinajstić information content (AvgIpc) is 3.35. The van der Waals surface area contributed by atoms with Crippen LogP contribution in [0.15, 0.2) is 59.5 Å². The van der Waals surface area contributed by atoms with Gasteiger partial charge in [0.15, 0.2) is 0 Å². The number of piperidine rings is 1. The molecule has 38 heavy (non-hydrogen) atoms. The van der Waals surface area contributed by atoms with E-state index in [0.717, 1.165) is 5.69 Å². The number of carbonyl (C=O) groups is 3. The predicted molar refractivity (Wildman–Crippen MR) is 141 cm³/mol. The van der Waals surface area contributed by atoms with Crippen LogP contribution in [-0.4, -0.2) is 81.3 Å². The molecule has 3 amide bonds. The van der Waals surface area contributed by atoms with Gasteiger partial charge >= 0.3 is 0 Å². The minimum atomic E-state index is -3.59. The Kier molecular flexibility index (Phi) is 7.78. The van der Waals surface area contributed by atoms with E-state index in [1.165, 1.54) is 16.4 Å². The number of carbonyl (C=O) groups excluding carboxylic acids is 3. The SMILES string of the molecule is O=C(Nc1ccc(S(=O)(=O)N2CCOCC2)cc1)C1CCN(C(=O)C2CC(=O)N(c3ccccc3)C2)CC1. The average molecular weight is 541 g/mol. The maximum atomic E-state index is 13.1. The van der Waals surface area contributed by atoms with Gasteiger partial charge in [-0.3, -0.25) is 14.4 Å². The Hall–Kier alpha value is -3.28. The maximum absolute atomic E-state index is 13.1. The second kappa shape index (κ2) is 11.2. The molecule has 1 unspecified atom stereocenters. The number of rotatable bonds is 6. The van der Waals surface area contributed by atoms with Crippen LogP contribution in [-0.2, 0) is 29.1 Å². The molecule has 0 saturated carbocycles. The summed E-state index contributed by atoms with van der Waals surface area (Å²) in [4.78, 5) is 42.1. The summed E-state index contributed by atoms with van der Waals surface area (Å²) >= 11 is 0. The van der Waals surface area contributed by atoms with Gasteiger partial charge in [0, 0.05) is 56.4 Å². The molecule has 0 aromatic heterocycles. The first-order valence-electron chi connectivity index (χ1n) is 13.0. The van der Waals surface area contributed by atoms with Gasteiger partial charge < -0.3 is 19.9 Å². The van der Waals surface area contributed by atoms with Gasteiger partial charge in [-0.05, 0) is 49.2 Å². The number of likely N-dealkylation sites (tertiary alicyclic amines) is 1. The van der Waals surface area contributed by atoms with Crippen molar-refractivity contribution < 1.29 is 27.5 Å². The molecule has 10 nitrogen and oxygen atoms in total. The van der Waals surface area contributed by atoms with Crippen molar-refractivity contribution in [1.29, 1.82) is 0 Å². The van der Waals surface area contributed by atoms with Crippen LogP contribution in [0.3, 0.4) is 0 Å². The highest BCUT2D eigenvalue weighted by molar-refractivity contribution is 7.89. The van der Waals surface area contributed by atoms with Gasteiger partial charge in [-0.2, -0.15) is 4.31 Å². The number of ether oxygens (including phenoxy) is 1. The number of para-hydroxylation sites is 1. The van der Waals surface area contributed by atoms with E-state index in [2.05, 4.69) is 5.32 Å². The van der Waals surface area contributed by atoms with Gasteiger partial charge in [-0.15, -0.1) is 0 Å². The Morgan fingerprint density at radius 2 is 1.53 bits per heavy atom. The van der Waals surface area contributed by atoms with E-state index >= 15 is 0 Å². The van der Waals surface area contributed by atoms with E-state index in [9.17, 15) is 22.8 Å². The third-order valence-electron chi connectivity index (χ3n) is 7.45. The lowest BCUT2D eigenvalue weighted by atomic mass is 9.94. The summed E-state index contributed by atoms with van der Waals surface area (Å²) in [6, 6.07) is 15.6. The second-order valence-corrected chi connectivity index (χ2v) is 11.8. The summed E-state index contributed by atoms with van der Waals surface area (Å²) in [5, 5.41) is 2.88. The van der Waals surface area contributed by atoms with E-state index in [4.69, 9.17) is 4.74 Å². The smallest absolute Gasteiger partial charge is 0.243 e. The van der Waals surface area contributed by atoms with Crippen LogP contribution in [0.5, 0.6) is 0 Å². The Balaban J connectivity index is 1.12. The number of amides is 3. The first-order valence-corrected chi connectivity index (χ1v) is 14.4. The fourth-order valence-electron chi connectivity index (χ4n) is 5.24. The van der Waals surface area contributed by atoms with Crippen LogP contribution in [0.1, 0.15) is 19.3 Å². The van der Waals surface area contributed by atoms with Crippen LogP contribution in [0.4, 0.5) is 11.4 Å². The topological polar surface area (TPSA) is 116 Å². The standard InChI is InChI=1S/C27H32N4O6S/c32-25-18-21(19-31(25)23-4-2-1-3-5-23)27(34)29-12-10-20(11-13-29)26(33)28-22-6-8-24(9-7-22)38(35,36)30-14-16-37-17-15-30/h1-9,20-21H,10-19H2,(H,28,33). The van der Waals surface area contributed by atoms with Gasteiger partial charge in [0.05, 0.1) is 24.0 Å². The highest BCUT2D eigenvalue weighted by Crippen LogP contribution is 2.28. The van der Waals surface area contributed by atoms with Crippen LogP contribution in [0.2, 0.25) is 0 Å². The number of hydrogen-bond donors (Lipinski definition) is 1. The molecule has 1 atom stereocenters. The van der Waals surface area contributed by atoms with E-state index in [1.807, 2.05) is 30.3 Å². The number of sulfonamides is 1. The van der Waals surface area contributed by atoms with E-state index in [-0.39, 0.29) is 40.9 Å². The van der Waals surface area contributed by atoms with Gasteiger partial charge in [0.25, 0.3) is 0 Å². The fraction of sp³-hybridized carbons (Fsp3) is 0.444. The summed E-state index contributed by atoms with van der Waals surface area (Å²) in [7, 11) is -3.59. The van der Waals surface area contributed by atoms with E-state index in [1.54, 1.807) is 21.9 Å². The Morgan fingerprint density at radius 3 is 2.18 bits per heavy atom. The quantitative estimate of drug-likeness (QED) is 0.599. The fourth-order valence-corrected chi connectivity index (χ4v) is 6.65. The minimum Gasteiger partial charge on any atom is -0.379 e. The molecule has 0 bridgehead atoms. The van der Waals surface area contributed by atoms with Crippen LogP contribution in [0.25, 0.3) is 0 Å². The molecule has 11 heteroatoms. The van der Waals surface area contributed by atoms with E-state index < -0.39 is 10.0 Å². The third kappa shape index (κ3) is 5.59. The largest absolute Gasteiger partial charge is 0.379 e. The normalized spacial score (nSPS) is 21.5. The van der Waals surface area contributed by atoms with Crippen molar-refractivity contribution in [1.82, 2.24) is 9.21 Å². The molecule has 0 radical (unpaired) electrons. The highest BCUT2D eigenvalue weighted by atomic mass is 32.2. The molecule has 3 aliphatic heterocycles. The number of nitrogens with zero attached hydrogens (tertiary/aromatic N) is 3. The Labute approximate surface area is 222 Å². The summed E-state index contributed by atoms with van der Waals surface area (Å²) in [5.41, 5.74) is 1.33. The third-order valence-corrected chi connectivity index (χ3v) is 9.36.